The molecule has 0 saturated carbocycles. The topological polar surface area (TPSA) is 81.4 Å². The number of fused-ring (bicyclic) bond motifs is 2. The number of oxazole rings is 1. The number of hydrogen-bond donors (Lipinski definition) is 0. The largest absolute Gasteiger partial charge is 0.458 e. The molecule has 7 nitrogen and oxygen atoms in total. The number of ether oxygens (including phenoxy) is 1. The van der Waals surface area contributed by atoms with Crippen LogP contribution >= 0.6 is 0 Å². The van der Waals surface area contributed by atoms with E-state index in [1.165, 1.54) is 12.5 Å². The Morgan fingerprint density at radius 3 is 2.66 bits per heavy atom. The van der Waals surface area contributed by atoms with E-state index in [0.717, 1.165) is 18.4 Å². The van der Waals surface area contributed by atoms with Gasteiger partial charge in [-0.3, -0.25) is 4.79 Å². The lowest BCUT2D eigenvalue weighted by Crippen LogP contribution is -2.39. The van der Waals surface area contributed by atoms with E-state index in [0.29, 0.717) is 35.8 Å². The molecule has 2 aliphatic rings. The third-order valence-electron chi connectivity index (χ3n) is 6.08. The Labute approximate surface area is 181 Å². The summed E-state index contributed by atoms with van der Waals surface area (Å²) in [6.45, 7) is 1.89. The minimum Gasteiger partial charge on any atom is -0.458 e. The van der Waals surface area contributed by atoms with Crippen molar-refractivity contribution in [1.82, 2.24) is 19.9 Å². The Morgan fingerprint density at radius 2 is 1.97 bits per heavy atom. The molecule has 4 heterocycles. The van der Waals surface area contributed by atoms with Crippen LogP contribution in [-0.2, 0) is 6.18 Å². The molecule has 2 aliphatic heterocycles. The summed E-state index contributed by atoms with van der Waals surface area (Å²) in [6, 6.07) is 5.10. The van der Waals surface area contributed by atoms with Crippen molar-refractivity contribution in [2.24, 2.45) is 0 Å². The first-order valence-corrected chi connectivity index (χ1v) is 10.2. The molecule has 10 heteroatoms. The molecule has 3 atom stereocenters. The van der Waals surface area contributed by atoms with Crippen LogP contribution in [0.1, 0.15) is 40.7 Å². The van der Waals surface area contributed by atoms with Gasteiger partial charge in [0, 0.05) is 24.9 Å². The van der Waals surface area contributed by atoms with E-state index >= 15 is 0 Å². The highest BCUT2D eigenvalue weighted by molar-refractivity contribution is 6.01. The summed E-state index contributed by atoms with van der Waals surface area (Å²) in [5.41, 5.74) is 1.08. The number of carbonyl (C=O) groups excluding carboxylic acids is 1. The van der Waals surface area contributed by atoms with Crippen molar-refractivity contribution in [3.63, 3.8) is 0 Å². The standard InChI is InChI=1S/C22H19F3N4O3/c1-12-3-2-4-15(18(12)19-26-7-8-31-19)20(30)29-14-5-6-16(29)17(9-14)32-21-27-10-13(11-28-21)22(23,24)25/h2-4,7-8,10-11,14,16-17H,5-6,9H2,1H3/t14-,16+,17-/m1/s1. The molecule has 0 radical (unpaired) electrons. The van der Waals surface area contributed by atoms with Gasteiger partial charge in [0.05, 0.1) is 28.9 Å². The lowest BCUT2D eigenvalue weighted by molar-refractivity contribution is -0.138. The van der Waals surface area contributed by atoms with E-state index in [9.17, 15) is 18.0 Å². The highest BCUT2D eigenvalue weighted by atomic mass is 19.4. The van der Waals surface area contributed by atoms with Gasteiger partial charge in [0.15, 0.2) is 0 Å². The predicted molar refractivity (Wildman–Crippen MR) is 106 cm³/mol. The maximum Gasteiger partial charge on any atom is 0.419 e. The Kier molecular flexibility index (Phi) is 4.87. The second-order valence-corrected chi connectivity index (χ2v) is 7.99. The van der Waals surface area contributed by atoms with Crippen molar-refractivity contribution in [2.45, 2.75) is 50.6 Å². The summed E-state index contributed by atoms with van der Waals surface area (Å²) < 4.78 is 49.5. The summed E-state index contributed by atoms with van der Waals surface area (Å²) in [5, 5.41) is 0. The van der Waals surface area contributed by atoms with Gasteiger partial charge in [0.25, 0.3) is 5.91 Å². The van der Waals surface area contributed by atoms with Gasteiger partial charge in [-0.25, -0.2) is 15.0 Å². The maximum atomic E-state index is 13.6. The number of aryl methyl sites for hydroxylation is 1. The molecule has 1 aromatic carbocycles. The molecule has 3 aromatic rings. The summed E-state index contributed by atoms with van der Waals surface area (Å²) in [7, 11) is 0. The van der Waals surface area contributed by atoms with E-state index in [1.807, 2.05) is 24.0 Å². The first-order valence-electron chi connectivity index (χ1n) is 10.2. The van der Waals surface area contributed by atoms with Crippen LogP contribution in [0.4, 0.5) is 13.2 Å². The first kappa shape index (κ1) is 20.5. The third kappa shape index (κ3) is 3.49. The zero-order valence-corrected chi connectivity index (χ0v) is 17.0. The number of rotatable bonds is 4. The van der Waals surface area contributed by atoms with Gasteiger partial charge in [0.1, 0.15) is 12.4 Å². The van der Waals surface area contributed by atoms with Crippen LogP contribution in [-0.4, -0.2) is 43.9 Å². The molecule has 5 rings (SSSR count). The molecule has 2 aromatic heterocycles. The van der Waals surface area contributed by atoms with Crippen LogP contribution in [0.15, 0.2) is 47.5 Å². The molecule has 0 unspecified atom stereocenters. The number of nitrogens with zero attached hydrogens (tertiary/aromatic N) is 4. The van der Waals surface area contributed by atoms with Crippen molar-refractivity contribution >= 4 is 5.91 Å². The molecule has 2 saturated heterocycles. The van der Waals surface area contributed by atoms with Crippen molar-refractivity contribution in [3.05, 3.63) is 59.7 Å². The average Bonchev–Trinajstić information content (AvgIpc) is 3.49. The summed E-state index contributed by atoms with van der Waals surface area (Å²) in [6.07, 6.45) is 1.65. The van der Waals surface area contributed by atoms with Crippen LogP contribution in [0.25, 0.3) is 11.5 Å². The van der Waals surface area contributed by atoms with Gasteiger partial charge < -0.3 is 14.1 Å². The number of benzene rings is 1. The van der Waals surface area contributed by atoms with Crippen molar-refractivity contribution < 1.29 is 27.1 Å². The minimum absolute atomic E-state index is 0.0233. The van der Waals surface area contributed by atoms with Gasteiger partial charge in [-0.1, -0.05) is 12.1 Å². The van der Waals surface area contributed by atoms with E-state index in [4.69, 9.17) is 9.15 Å². The van der Waals surface area contributed by atoms with Crippen molar-refractivity contribution in [2.75, 3.05) is 0 Å². The number of alkyl halides is 3. The zero-order valence-electron chi connectivity index (χ0n) is 17.0. The SMILES string of the molecule is Cc1cccc(C(=O)N2[C@@H]3CC[C@H]2[C@H](Oc2ncc(C(F)(F)F)cn2)C3)c1-c1ncco1. The zero-order chi connectivity index (χ0) is 22.5. The van der Waals surface area contributed by atoms with Gasteiger partial charge in [-0.15, -0.1) is 0 Å². The lowest BCUT2D eigenvalue weighted by atomic mass is 9.98. The normalized spacial score (nSPS) is 22.4. The Balaban J connectivity index is 1.38. The summed E-state index contributed by atoms with van der Waals surface area (Å²) in [4.78, 5) is 27.0. The Bertz CT molecular complexity index is 1130. The third-order valence-corrected chi connectivity index (χ3v) is 6.08. The highest BCUT2D eigenvalue weighted by Crippen LogP contribution is 2.41. The van der Waals surface area contributed by atoms with Gasteiger partial charge >= 0.3 is 12.2 Å². The number of aromatic nitrogens is 3. The first-order chi connectivity index (χ1) is 15.3. The van der Waals surface area contributed by atoms with Crippen LogP contribution in [0.3, 0.4) is 0 Å². The monoisotopic (exact) mass is 444 g/mol. The fourth-order valence-corrected chi connectivity index (χ4v) is 4.65. The highest BCUT2D eigenvalue weighted by Gasteiger charge is 2.50. The lowest BCUT2D eigenvalue weighted by Gasteiger charge is -2.25. The van der Waals surface area contributed by atoms with Gasteiger partial charge in [0.2, 0.25) is 5.89 Å². The van der Waals surface area contributed by atoms with E-state index < -0.39 is 11.7 Å². The molecular formula is C22H19F3N4O3. The molecule has 0 N–H and O–H groups in total. The van der Waals surface area contributed by atoms with E-state index in [2.05, 4.69) is 15.0 Å². The van der Waals surface area contributed by atoms with Crippen LogP contribution in [0.5, 0.6) is 6.01 Å². The fourth-order valence-electron chi connectivity index (χ4n) is 4.65. The van der Waals surface area contributed by atoms with Crippen LogP contribution < -0.4 is 4.74 Å². The number of hydrogen-bond acceptors (Lipinski definition) is 6. The summed E-state index contributed by atoms with van der Waals surface area (Å²) in [5.74, 6) is 0.234. The predicted octanol–water partition coefficient (Wildman–Crippen LogP) is 4.28. The Morgan fingerprint density at radius 1 is 1.19 bits per heavy atom. The minimum atomic E-state index is -4.51. The second kappa shape index (κ2) is 7.61. The molecule has 0 aliphatic carbocycles. The van der Waals surface area contributed by atoms with Crippen molar-refractivity contribution in [3.8, 4) is 17.5 Å². The van der Waals surface area contributed by atoms with E-state index in [-0.39, 0.29) is 30.1 Å². The molecule has 32 heavy (non-hydrogen) atoms. The molecule has 2 fully saturated rings. The van der Waals surface area contributed by atoms with Gasteiger partial charge in [-0.2, -0.15) is 13.2 Å². The van der Waals surface area contributed by atoms with E-state index in [1.54, 1.807) is 6.07 Å². The fraction of sp³-hybridized carbons (Fsp3) is 0.364. The second-order valence-electron chi connectivity index (χ2n) is 7.99. The molecule has 1 amide bonds. The smallest absolute Gasteiger partial charge is 0.419 e. The van der Waals surface area contributed by atoms with Crippen LogP contribution in [0, 0.1) is 6.92 Å². The number of carbonyl (C=O) groups is 1. The maximum absolute atomic E-state index is 13.6. The average molecular weight is 444 g/mol. The summed E-state index contributed by atoms with van der Waals surface area (Å²) >= 11 is 0. The molecule has 0 spiro atoms. The number of amides is 1. The Hall–Kier alpha value is -3.43. The number of halogens is 3. The quantitative estimate of drug-likeness (QED) is 0.598. The molecule has 166 valence electrons. The van der Waals surface area contributed by atoms with Crippen molar-refractivity contribution in [1.29, 1.82) is 0 Å². The van der Waals surface area contributed by atoms with Gasteiger partial charge in [-0.05, 0) is 31.4 Å². The van der Waals surface area contributed by atoms with Crippen LogP contribution in [0.2, 0.25) is 0 Å². The molecular weight excluding hydrogens is 425 g/mol. The molecule has 2 bridgehead atoms.